The molecule has 0 spiro atoms. The van der Waals surface area contributed by atoms with Gasteiger partial charge in [-0.2, -0.15) is 5.26 Å². The van der Waals surface area contributed by atoms with Crippen LogP contribution < -0.4 is 5.32 Å². The van der Waals surface area contributed by atoms with Gasteiger partial charge in [-0.25, -0.2) is 15.0 Å². The predicted octanol–water partition coefficient (Wildman–Crippen LogP) is 10.8. The van der Waals surface area contributed by atoms with Crippen LogP contribution in [0.1, 0.15) is 53.4 Å². The van der Waals surface area contributed by atoms with Gasteiger partial charge >= 0.3 is 0 Å². The average molecular weight is 670 g/mol. The van der Waals surface area contributed by atoms with Gasteiger partial charge in [0.05, 0.1) is 22.8 Å². The van der Waals surface area contributed by atoms with Crippen molar-refractivity contribution < 1.29 is 0 Å². The van der Waals surface area contributed by atoms with Crippen molar-refractivity contribution in [2.75, 3.05) is 0 Å². The van der Waals surface area contributed by atoms with Gasteiger partial charge in [-0.05, 0) is 87.7 Å². The highest BCUT2D eigenvalue weighted by molar-refractivity contribution is 6.17. The lowest BCUT2D eigenvalue weighted by molar-refractivity contribution is 0.721. The molecule has 5 nitrogen and oxygen atoms in total. The van der Waals surface area contributed by atoms with Crippen LogP contribution in [0.2, 0.25) is 0 Å². The number of allylic oxidation sites excluding steroid dienone is 7. The van der Waals surface area contributed by atoms with Gasteiger partial charge in [-0.3, -0.25) is 0 Å². The van der Waals surface area contributed by atoms with E-state index >= 15 is 0 Å². The standard InChI is InChI=1S/C47H35N5/c48-30-31-20-22-33(23-21-31)41-29-42(34-12-4-1-5-13-34)49-43-28-40(38-18-10-11-19-39(38)44(41)43)32-24-26-37(27-25-32)47-51-45(35-14-6-2-7-15-35)50-46(52-47)36-16-8-3-9-17-36/h2-4,6-26,28-29,37,45H,1,5,27H2,(H,50,51,52). The van der Waals surface area contributed by atoms with Crippen molar-refractivity contribution in [3.8, 4) is 17.2 Å². The van der Waals surface area contributed by atoms with E-state index in [0.29, 0.717) is 5.56 Å². The summed E-state index contributed by atoms with van der Waals surface area (Å²) in [6.07, 6.45) is 16.1. The molecule has 0 radical (unpaired) electrons. The molecule has 0 fully saturated rings. The molecule has 0 bridgehead atoms. The molecule has 0 saturated heterocycles. The monoisotopic (exact) mass is 669 g/mol. The minimum absolute atomic E-state index is 0.0774. The molecular formula is C47H35N5. The van der Waals surface area contributed by atoms with E-state index < -0.39 is 0 Å². The Morgan fingerprint density at radius 2 is 1.44 bits per heavy atom. The number of nitrogens with one attached hydrogen (secondary N) is 1. The molecule has 5 heteroatoms. The molecule has 9 rings (SSSR count). The highest BCUT2D eigenvalue weighted by Gasteiger charge is 2.25. The number of aliphatic imine (C=N–C) groups is 2. The van der Waals surface area contributed by atoms with Crippen molar-refractivity contribution in [3.63, 3.8) is 0 Å². The van der Waals surface area contributed by atoms with Gasteiger partial charge in [0.15, 0.2) is 6.17 Å². The third kappa shape index (κ3) is 5.95. The smallest absolute Gasteiger partial charge is 0.169 e. The van der Waals surface area contributed by atoms with E-state index in [-0.39, 0.29) is 12.1 Å². The van der Waals surface area contributed by atoms with Gasteiger partial charge in [0.2, 0.25) is 0 Å². The number of pyridine rings is 1. The van der Waals surface area contributed by atoms with Crippen LogP contribution in [-0.2, 0) is 0 Å². The van der Waals surface area contributed by atoms with Gasteiger partial charge in [0.1, 0.15) is 11.7 Å². The average Bonchev–Trinajstić information content (AvgIpc) is 3.24. The SMILES string of the molecule is N#Cc1ccc(-c2cc(C3=CCCC=C3)nc3cc(C4=CCC(C5=NC(c6ccccc6)N=C(c6ccccc6)N5)C=C4)c4ccccc4c23)cc1. The van der Waals surface area contributed by atoms with E-state index in [9.17, 15) is 5.26 Å². The molecule has 5 aromatic carbocycles. The molecule has 1 aliphatic heterocycles. The van der Waals surface area contributed by atoms with Crippen molar-refractivity contribution in [1.29, 1.82) is 5.26 Å². The van der Waals surface area contributed by atoms with E-state index in [2.05, 4.69) is 121 Å². The van der Waals surface area contributed by atoms with Crippen LogP contribution in [0.5, 0.6) is 0 Å². The van der Waals surface area contributed by atoms with Crippen molar-refractivity contribution in [2.24, 2.45) is 15.9 Å². The van der Waals surface area contributed by atoms with Gasteiger partial charge in [0, 0.05) is 16.9 Å². The first-order valence-corrected chi connectivity index (χ1v) is 17.9. The summed E-state index contributed by atoms with van der Waals surface area (Å²) < 4.78 is 0. The number of rotatable bonds is 6. The summed E-state index contributed by atoms with van der Waals surface area (Å²) in [5.74, 6) is 1.84. The Morgan fingerprint density at radius 3 is 2.17 bits per heavy atom. The maximum atomic E-state index is 9.49. The number of nitrogens with zero attached hydrogens (tertiary/aromatic N) is 4. The fraction of sp³-hybridized carbons (Fsp3) is 0.106. The summed E-state index contributed by atoms with van der Waals surface area (Å²) in [7, 11) is 0. The molecular weight excluding hydrogens is 635 g/mol. The first-order valence-electron chi connectivity index (χ1n) is 17.9. The summed E-state index contributed by atoms with van der Waals surface area (Å²) in [6.45, 7) is 0. The molecule has 6 aromatic rings. The van der Waals surface area contributed by atoms with Gasteiger partial charge in [-0.1, -0.05) is 134 Å². The summed E-state index contributed by atoms with van der Waals surface area (Å²) in [5.41, 5.74) is 10.3. The fourth-order valence-corrected chi connectivity index (χ4v) is 7.44. The van der Waals surface area contributed by atoms with Crippen LogP contribution in [0.25, 0.3) is 43.9 Å². The number of nitriles is 1. The Kier molecular flexibility index (Phi) is 8.19. The van der Waals surface area contributed by atoms with Crippen LogP contribution in [0.3, 0.4) is 0 Å². The highest BCUT2D eigenvalue weighted by atomic mass is 15.2. The zero-order valence-corrected chi connectivity index (χ0v) is 28.6. The van der Waals surface area contributed by atoms with E-state index in [1.807, 2.05) is 48.5 Å². The molecule has 248 valence electrons. The number of hydrogen-bond acceptors (Lipinski definition) is 5. The Labute approximate surface area is 303 Å². The van der Waals surface area contributed by atoms with Crippen LogP contribution in [0.4, 0.5) is 0 Å². The second kappa shape index (κ2) is 13.6. The quantitative estimate of drug-likeness (QED) is 0.179. The van der Waals surface area contributed by atoms with Gasteiger partial charge < -0.3 is 5.32 Å². The lowest BCUT2D eigenvalue weighted by Gasteiger charge is -2.27. The number of amidine groups is 2. The lowest BCUT2D eigenvalue weighted by atomic mass is 9.87. The summed E-state index contributed by atoms with van der Waals surface area (Å²) >= 11 is 0. The van der Waals surface area contributed by atoms with Crippen LogP contribution in [0.15, 0.2) is 168 Å². The third-order valence-corrected chi connectivity index (χ3v) is 10.1. The Hall–Kier alpha value is -6.64. The fourth-order valence-electron chi connectivity index (χ4n) is 7.44. The molecule has 52 heavy (non-hydrogen) atoms. The normalized spacial score (nSPS) is 18.2. The van der Waals surface area contributed by atoms with E-state index in [1.54, 1.807) is 0 Å². The maximum Gasteiger partial charge on any atom is 0.169 e. The Morgan fingerprint density at radius 1 is 0.673 bits per heavy atom. The van der Waals surface area contributed by atoms with E-state index in [1.165, 1.54) is 11.0 Å². The molecule has 1 aromatic heterocycles. The van der Waals surface area contributed by atoms with Crippen molar-refractivity contribution in [2.45, 2.75) is 25.4 Å². The first kappa shape index (κ1) is 31.3. The third-order valence-electron chi connectivity index (χ3n) is 10.1. The van der Waals surface area contributed by atoms with Crippen molar-refractivity contribution in [1.82, 2.24) is 10.3 Å². The number of benzene rings is 5. The summed E-state index contributed by atoms with van der Waals surface area (Å²) in [5, 5.41) is 16.5. The zero-order valence-electron chi connectivity index (χ0n) is 28.6. The summed E-state index contributed by atoms with van der Waals surface area (Å²) in [4.78, 5) is 15.5. The molecule has 2 unspecified atom stereocenters. The minimum atomic E-state index is -0.310. The van der Waals surface area contributed by atoms with Crippen molar-refractivity contribution >= 4 is 44.5 Å². The topological polar surface area (TPSA) is 73.4 Å². The highest BCUT2D eigenvalue weighted by Crippen LogP contribution is 2.40. The summed E-state index contributed by atoms with van der Waals surface area (Å²) in [6, 6.07) is 43.9. The van der Waals surface area contributed by atoms with Gasteiger partial charge in [-0.15, -0.1) is 0 Å². The predicted molar refractivity (Wildman–Crippen MR) is 214 cm³/mol. The largest absolute Gasteiger partial charge is 0.328 e. The van der Waals surface area contributed by atoms with E-state index in [0.717, 1.165) is 86.3 Å². The number of fused-ring (bicyclic) bond motifs is 3. The van der Waals surface area contributed by atoms with Crippen LogP contribution in [0, 0.1) is 17.2 Å². The van der Waals surface area contributed by atoms with Crippen molar-refractivity contribution in [3.05, 3.63) is 186 Å². The second-order valence-electron chi connectivity index (χ2n) is 13.4. The zero-order chi connectivity index (χ0) is 34.9. The van der Waals surface area contributed by atoms with Gasteiger partial charge in [0.25, 0.3) is 0 Å². The Balaban J connectivity index is 1.12. The van der Waals surface area contributed by atoms with E-state index in [4.69, 9.17) is 15.0 Å². The lowest BCUT2D eigenvalue weighted by Crippen LogP contribution is -2.39. The Bertz CT molecular complexity index is 2570. The minimum Gasteiger partial charge on any atom is -0.328 e. The number of aromatic nitrogens is 1. The van der Waals surface area contributed by atoms with Crippen LogP contribution in [-0.4, -0.2) is 16.7 Å². The molecule has 2 atom stereocenters. The molecule has 0 amide bonds. The molecule has 3 aliphatic rings. The second-order valence-corrected chi connectivity index (χ2v) is 13.4. The number of hydrogen-bond donors (Lipinski definition) is 1. The molecule has 0 saturated carbocycles. The maximum absolute atomic E-state index is 9.49. The first-order chi connectivity index (χ1) is 25.7. The molecule has 2 aliphatic carbocycles. The van der Waals surface area contributed by atoms with Crippen LogP contribution >= 0.6 is 0 Å². The molecule has 2 heterocycles. The molecule has 1 N–H and O–H groups in total.